The molecule has 2 saturated heterocycles. The minimum Gasteiger partial charge on any atom is -0.381 e. The molecule has 5 rings (SSSR count). The fraction of sp³-hybridized carbons (Fsp3) is 0.600. The topological polar surface area (TPSA) is 84.4 Å². The van der Waals surface area contributed by atoms with Gasteiger partial charge in [0.05, 0.1) is 5.69 Å². The Morgan fingerprint density at radius 3 is 2.50 bits per heavy atom. The molecule has 3 aliphatic rings. The lowest BCUT2D eigenvalue weighted by Gasteiger charge is -2.27. The van der Waals surface area contributed by atoms with Gasteiger partial charge in [-0.15, -0.1) is 10.2 Å². The Kier molecular flexibility index (Phi) is 6.61. The summed E-state index contributed by atoms with van der Waals surface area (Å²) in [5.41, 5.74) is 1.71. The second-order valence-electron chi connectivity index (χ2n) is 10.3. The number of hydrogen-bond donors (Lipinski definition) is 1. The maximum atomic E-state index is 13.8. The van der Waals surface area contributed by atoms with Crippen molar-refractivity contribution in [1.82, 2.24) is 15.1 Å². The normalized spacial score (nSPS) is 26.0. The Balaban J connectivity index is 1.27. The number of fused-ring (bicyclic) bond motifs is 1. The summed E-state index contributed by atoms with van der Waals surface area (Å²) in [6, 6.07) is 6.08. The van der Waals surface area contributed by atoms with Gasteiger partial charge >= 0.3 is 0 Å². The van der Waals surface area contributed by atoms with E-state index in [1.807, 2.05) is 6.92 Å². The number of aryl methyl sites for hydroxylation is 1. The lowest BCUT2D eigenvalue weighted by Crippen LogP contribution is -2.32. The summed E-state index contributed by atoms with van der Waals surface area (Å²) < 4.78 is 44.5. The number of sulfone groups is 1. The number of likely N-dealkylation sites (tertiary alicyclic amines) is 1. The number of nitrogens with zero attached hydrogens (tertiary/aromatic N) is 3. The average molecular weight is 489 g/mol. The minimum absolute atomic E-state index is 0.111. The predicted molar refractivity (Wildman–Crippen MR) is 129 cm³/mol. The number of ether oxygens (including phenoxy) is 1. The summed E-state index contributed by atoms with van der Waals surface area (Å²) in [5.74, 6) is 1.90. The second-order valence-corrected chi connectivity index (χ2v) is 12.3. The van der Waals surface area contributed by atoms with E-state index in [1.165, 1.54) is 31.0 Å². The second kappa shape index (κ2) is 9.51. The Labute approximate surface area is 201 Å². The van der Waals surface area contributed by atoms with Gasteiger partial charge in [0.1, 0.15) is 10.7 Å². The van der Waals surface area contributed by atoms with E-state index in [4.69, 9.17) is 4.74 Å². The number of nitrogens with one attached hydrogen (secondary N) is 1. The number of rotatable bonds is 6. The fourth-order valence-electron chi connectivity index (χ4n) is 5.91. The molecule has 1 N–H and O–H groups in total. The van der Waals surface area contributed by atoms with Crippen LogP contribution >= 0.6 is 0 Å². The number of benzene rings is 1. The first-order valence-corrected chi connectivity index (χ1v) is 14.1. The summed E-state index contributed by atoms with van der Waals surface area (Å²) in [4.78, 5) is 2.72. The summed E-state index contributed by atoms with van der Waals surface area (Å²) in [6.07, 6.45) is 5.51. The molecule has 0 radical (unpaired) electrons. The zero-order valence-electron chi connectivity index (χ0n) is 19.8. The van der Waals surface area contributed by atoms with Crippen LogP contribution in [0.5, 0.6) is 0 Å². The number of halogens is 1. The van der Waals surface area contributed by atoms with Crippen molar-refractivity contribution < 1.29 is 17.5 Å². The zero-order valence-corrected chi connectivity index (χ0v) is 20.7. The maximum Gasteiger partial charge on any atom is 0.179 e. The molecule has 1 saturated carbocycles. The smallest absolute Gasteiger partial charge is 0.179 e. The van der Waals surface area contributed by atoms with E-state index in [9.17, 15) is 12.8 Å². The number of anilines is 1. The molecule has 3 atom stereocenters. The van der Waals surface area contributed by atoms with Crippen LogP contribution in [0.15, 0.2) is 29.2 Å². The van der Waals surface area contributed by atoms with Crippen molar-refractivity contribution in [2.45, 2.75) is 43.5 Å². The van der Waals surface area contributed by atoms with Crippen molar-refractivity contribution in [1.29, 1.82) is 0 Å². The molecule has 0 unspecified atom stereocenters. The summed E-state index contributed by atoms with van der Waals surface area (Å²) in [7, 11) is -3.55. The van der Waals surface area contributed by atoms with Crippen LogP contribution in [0.25, 0.3) is 11.3 Å². The van der Waals surface area contributed by atoms with Crippen LogP contribution < -0.4 is 5.32 Å². The maximum absolute atomic E-state index is 13.8. The van der Waals surface area contributed by atoms with Gasteiger partial charge in [-0.2, -0.15) is 0 Å². The molecule has 2 aliphatic heterocycles. The van der Waals surface area contributed by atoms with Gasteiger partial charge in [-0.1, -0.05) is 6.07 Å². The molecule has 9 heteroatoms. The van der Waals surface area contributed by atoms with Crippen molar-refractivity contribution in [2.75, 3.05) is 44.4 Å². The lowest BCUT2D eigenvalue weighted by molar-refractivity contribution is 0.0545. The Bertz CT molecular complexity index is 1140. The van der Waals surface area contributed by atoms with Crippen LogP contribution in [0.3, 0.4) is 0 Å². The number of hydrogen-bond acceptors (Lipinski definition) is 7. The number of aromatic nitrogens is 2. The van der Waals surface area contributed by atoms with Gasteiger partial charge in [-0.05, 0) is 74.1 Å². The van der Waals surface area contributed by atoms with Gasteiger partial charge in [-0.25, -0.2) is 12.8 Å². The van der Waals surface area contributed by atoms with Crippen molar-refractivity contribution in [2.24, 2.45) is 17.8 Å². The molecule has 1 aliphatic carbocycles. The summed E-state index contributed by atoms with van der Waals surface area (Å²) in [6.45, 7) is 7.01. The predicted octanol–water partition coefficient (Wildman–Crippen LogP) is 3.54. The molecule has 0 spiro atoms. The molecule has 184 valence electrons. The van der Waals surface area contributed by atoms with Gasteiger partial charge in [0.2, 0.25) is 0 Å². The summed E-state index contributed by atoms with van der Waals surface area (Å²) >= 11 is 0. The third-order valence-electron chi connectivity index (χ3n) is 7.66. The van der Waals surface area contributed by atoms with Crippen LogP contribution in [-0.2, 0) is 14.6 Å². The van der Waals surface area contributed by atoms with Crippen molar-refractivity contribution in [3.05, 3.63) is 35.6 Å². The van der Waals surface area contributed by atoms with Crippen molar-refractivity contribution in [3.8, 4) is 11.3 Å². The monoisotopic (exact) mass is 488 g/mol. The Hall–Kier alpha value is -2.10. The van der Waals surface area contributed by atoms with Gasteiger partial charge < -0.3 is 15.0 Å². The first kappa shape index (κ1) is 23.6. The van der Waals surface area contributed by atoms with E-state index in [-0.39, 0.29) is 10.9 Å². The van der Waals surface area contributed by atoms with E-state index in [1.54, 1.807) is 6.07 Å². The van der Waals surface area contributed by atoms with E-state index in [0.717, 1.165) is 63.5 Å². The molecular weight excluding hydrogens is 455 g/mol. The van der Waals surface area contributed by atoms with Crippen LogP contribution in [0.2, 0.25) is 0 Å². The largest absolute Gasteiger partial charge is 0.381 e. The van der Waals surface area contributed by atoms with Gasteiger partial charge in [0, 0.05) is 50.7 Å². The molecule has 3 heterocycles. The van der Waals surface area contributed by atoms with Crippen molar-refractivity contribution >= 4 is 15.7 Å². The molecular formula is C25H33FN4O3S. The molecule has 1 aromatic carbocycles. The first-order chi connectivity index (χ1) is 16.3. The highest BCUT2D eigenvalue weighted by Gasteiger charge is 2.41. The van der Waals surface area contributed by atoms with Crippen LogP contribution in [0.4, 0.5) is 10.2 Å². The van der Waals surface area contributed by atoms with Crippen LogP contribution in [0, 0.1) is 30.5 Å². The van der Waals surface area contributed by atoms with Gasteiger partial charge in [-0.3, -0.25) is 0 Å². The fourth-order valence-corrected chi connectivity index (χ4v) is 6.69. The Morgan fingerprint density at radius 1 is 1.12 bits per heavy atom. The molecule has 0 amide bonds. The highest BCUT2D eigenvalue weighted by atomic mass is 32.2. The summed E-state index contributed by atoms with van der Waals surface area (Å²) in [5, 5.41) is 11.9. The van der Waals surface area contributed by atoms with Crippen molar-refractivity contribution in [3.63, 3.8) is 0 Å². The zero-order chi connectivity index (χ0) is 23.9. The molecule has 1 aromatic heterocycles. The average Bonchev–Trinajstić information content (AvgIpc) is 3.33. The molecule has 7 nitrogen and oxygen atoms in total. The SMILES string of the molecule is Cc1ccc(F)cc1-c1cc(S(C)(=O)=O)c(N[C@@H]2C[C@@H]3CN(CC4CCOCC4)C[C@@H]3C2)nn1. The quantitative estimate of drug-likeness (QED) is 0.666. The molecule has 34 heavy (non-hydrogen) atoms. The van der Waals surface area contributed by atoms with Crippen LogP contribution in [0.1, 0.15) is 31.2 Å². The van der Waals surface area contributed by atoms with Crippen LogP contribution in [-0.4, -0.2) is 68.7 Å². The highest BCUT2D eigenvalue weighted by molar-refractivity contribution is 7.90. The Morgan fingerprint density at radius 2 is 1.82 bits per heavy atom. The molecule has 3 fully saturated rings. The minimum atomic E-state index is -3.55. The third-order valence-corrected chi connectivity index (χ3v) is 8.77. The standard InChI is InChI=1S/C25H33FN4O3S/c1-16-3-4-20(26)11-22(16)23-12-24(34(2,31)32)25(29-28-23)27-21-9-18-14-30(15-19(18)10-21)13-17-5-7-33-8-6-17/h3-4,11-12,17-19,21H,5-10,13-15H2,1-2H3,(H,27,29)/t18-,19+,21-. The van der Waals surface area contributed by atoms with E-state index >= 15 is 0 Å². The molecule has 0 bridgehead atoms. The van der Waals surface area contributed by atoms with Gasteiger partial charge in [0.15, 0.2) is 15.7 Å². The first-order valence-electron chi connectivity index (χ1n) is 12.2. The third kappa shape index (κ3) is 5.11. The van der Waals surface area contributed by atoms with E-state index < -0.39 is 15.7 Å². The molecule has 2 aromatic rings. The van der Waals surface area contributed by atoms with E-state index in [2.05, 4.69) is 20.4 Å². The van der Waals surface area contributed by atoms with Gasteiger partial charge in [0.25, 0.3) is 0 Å². The highest BCUT2D eigenvalue weighted by Crippen LogP contribution is 2.40. The van der Waals surface area contributed by atoms with E-state index in [0.29, 0.717) is 28.9 Å². The lowest BCUT2D eigenvalue weighted by atomic mass is 10.00.